The Hall–Kier alpha value is -4.12. The van der Waals surface area contributed by atoms with Crippen LogP contribution in [0.1, 0.15) is 34.7 Å². The molecular weight excluding hydrogens is 537 g/mol. The third-order valence-corrected chi connectivity index (χ3v) is 7.26. The summed E-state index contributed by atoms with van der Waals surface area (Å²) < 4.78 is 43.0. The first-order valence-corrected chi connectivity index (χ1v) is 13.5. The summed E-state index contributed by atoms with van der Waals surface area (Å²) in [7, 11) is 0. The normalized spacial score (nSPS) is 16.4. The summed E-state index contributed by atoms with van der Waals surface area (Å²) >= 11 is 1.75. The molecule has 0 saturated carbocycles. The molecule has 7 nitrogen and oxygen atoms in total. The lowest BCUT2D eigenvalue weighted by Crippen LogP contribution is -2.26. The van der Waals surface area contributed by atoms with Crippen molar-refractivity contribution >= 4 is 46.7 Å². The number of hydrogen-bond acceptors (Lipinski definition) is 5. The summed E-state index contributed by atoms with van der Waals surface area (Å²) in [5.41, 5.74) is 16.2. The number of hydrazone groups is 1. The van der Waals surface area contributed by atoms with E-state index in [0.29, 0.717) is 17.3 Å². The van der Waals surface area contributed by atoms with E-state index in [1.807, 2.05) is 24.3 Å². The van der Waals surface area contributed by atoms with Crippen LogP contribution in [0.5, 0.6) is 5.75 Å². The summed E-state index contributed by atoms with van der Waals surface area (Å²) in [6.45, 7) is 8.61. The minimum absolute atomic E-state index is 0.244. The molecule has 40 heavy (non-hydrogen) atoms. The number of hydrogen-bond donors (Lipinski definition) is 2. The third kappa shape index (κ3) is 7.50. The van der Waals surface area contributed by atoms with Gasteiger partial charge in [0, 0.05) is 11.3 Å². The van der Waals surface area contributed by atoms with Crippen LogP contribution in [0, 0.1) is 20.8 Å². The number of aliphatic imine (C=N–C) groups is 2. The zero-order valence-corrected chi connectivity index (χ0v) is 23.3. The molecule has 0 aliphatic carbocycles. The van der Waals surface area contributed by atoms with Crippen molar-refractivity contribution in [1.29, 1.82) is 0 Å². The van der Waals surface area contributed by atoms with Crippen LogP contribution in [0.4, 0.5) is 24.5 Å². The monoisotopic (exact) mass is 567 g/mol. The molecule has 0 bridgehead atoms. The molecule has 0 radical (unpaired) electrons. The van der Waals surface area contributed by atoms with Gasteiger partial charge in [0.25, 0.3) is 0 Å². The summed E-state index contributed by atoms with van der Waals surface area (Å²) in [6.07, 6.45) is -1.75. The lowest BCUT2D eigenvalue weighted by Gasteiger charge is -2.15. The zero-order chi connectivity index (χ0) is 28.9. The van der Waals surface area contributed by atoms with Crippen LogP contribution in [0.15, 0.2) is 75.7 Å². The fraction of sp³-hybridized carbons (Fsp3) is 0.241. The Morgan fingerprint density at radius 2 is 1.70 bits per heavy atom. The minimum Gasteiger partial charge on any atom is -0.406 e. The van der Waals surface area contributed by atoms with Crippen molar-refractivity contribution in [3.8, 4) is 5.75 Å². The molecule has 3 N–H and O–H groups in total. The van der Waals surface area contributed by atoms with Gasteiger partial charge in [0.05, 0.1) is 11.9 Å². The smallest absolute Gasteiger partial charge is 0.406 e. The van der Waals surface area contributed by atoms with Crippen molar-refractivity contribution in [1.82, 2.24) is 5.43 Å². The van der Waals surface area contributed by atoms with Crippen LogP contribution in [0.2, 0.25) is 0 Å². The Labute approximate surface area is 235 Å². The van der Waals surface area contributed by atoms with E-state index in [1.54, 1.807) is 18.0 Å². The molecule has 11 heteroatoms. The SMILES string of the molecule is Cc1cc(C)c([N+]2=C(N/N=C/c3ccc(C(N)=NC=Nc4ccc(OC(F)(F)F)cc4)cc3)SCC2C)c(C)c1. The lowest BCUT2D eigenvalue weighted by molar-refractivity contribution is -0.470. The third-order valence-electron chi connectivity index (χ3n) is 6.05. The highest BCUT2D eigenvalue weighted by Crippen LogP contribution is 2.31. The maximum absolute atomic E-state index is 12.3. The van der Waals surface area contributed by atoms with E-state index in [4.69, 9.17) is 5.73 Å². The summed E-state index contributed by atoms with van der Waals surface area (Å²) in [5, 5.41) is 5.46. The van der Waals surface area contributed by atoms with Crippen LogP contribution < -0.4 is 15.9 Å². The van der Waals surface area contributed by atoms with Gasteiger partial charge in [-0.05, 0) is 80.4 Å². The van der Waals surface area contributed by atoms with Crippen LogP contribution in [-0.4, -0.2) is 46.3 Å². The van der Waals surface area contributed by atoms with Crippen molar-refractivity contribution in [2.45, 2.75) is 40.1 Å². The standard InChI is InChI=1S/C29H29F3N6OS/c1-18-13-19(2)26(20(3)14-18)38-21(4)16-40-28(38)37-36-15-22-5-7-23(8-6-22)27(33)35-17-34-24-9-11-25(12-10-24)39-29(30,31)32/h5-15,17,21H,16H2,1-4H3,(H2,33,34,35)/p+1/b36-15+. The number of alkyl halides is 3. The van der Waals surface area contributed by atoms with E-state index < -0.39 is 6.36 Å². The highest BCUT2D eigenvalue weighted by Gasteiger charge is 2.32. The highest BCUT2D eigenvalue weighted by atomic mass is 32.2. The first kappa shape index (κ1) is 28.9. The predicted octanol–water partition coefficient (Wildman–Crippen LogP) is 6.33. The summed E-state index contributed by atoms with van der Waals surface area (Å²) in [6, 6.07) is 17.3. The number of nitrogens with two attached hydrogens (primary N) is 1. The second-order valence-corrected chi connectivity index (χ2v) is 10.4. The van der Waals surface area contributed by atoms with E-state index in [9.17, 15) is 13.2 Å². The quantitative estimate of drug-likeness (QED) is 0.151. The number of rotatable bonds is 7. The number of nitrogens with zero attached hydrogens (tertiary/aromatic N) is 4. The van der Waals surface area contributed by atoms with Gasteiger partial charge in [0.15, 0.2) is 0 Å². The van der Waals surface area contributed by atoms with Gasteiger partial charge in [-0.3, -0.25) is 0 Å². The van der Waals surface area contributed by atoms with Gasteiger partial charge in [0.2, 0.25) is 0 Å². The van der Waals surface area contributed by atoms with Gasteiger partial charge in [-0.25, -0.2) is 14.6 Å². The molecule has 0 amide bonds. The van der Waals surface area contributed by atoms with Gasteiger partial charge < -0.3 is 10.5 Å². The minimum atomic E-state index is -4.74. The molecule has 1 aliphatic heterocycles. The second-order valence-electron chi connectivity index (χ2n) is 9.38. The molecule has 0 fully saturated rings. The fourth-order valence-electron chi connectivity index (χ4n) is 4.37. The maximum Gasteiger partial charge on any atom is 0.573 e. The Balaban J connectivity index is 1.39. The molecule has 1 atom stereocenters. The van der Waals surface area contributed by atoms with E-state index >= 15 is 0 Å². The number of nitrogens with one attached hydrogen (secondary N) is 1. The number of halogens is 3. The van der Waals surface area contributed by atoms with Crippen LogP contribution in [0.3, 0.4) is 0 Å². The predicted molar refractivity (Wildman–Crippen MR) is 157 cm³/mol. The Bertz CT molecular complexity index is 1460. The van der Waals surface area contributed by atoms with Gasteiger partial charge in [-0.1, -0.05) is 47.1 Å². The van der Waals surface area contributed by atoms with Gasteiger partial charge in [0.1, 0.15) is 29.7 Å². The molecule has 4 rings (SSSR count). The van der Waals surface area contributed by atoms with E-state index in [0.717, 1.165) is 16.5 Å². The van der Waals surface area contributed by atoms with Crippen molar-refractivity contribution in [3.63, 3.8) is 0 Å². The van der Waals surface area contributed by atoms with E-state index in [-0.39, 0.29) is 11.6 Å². The summed E-state index contributed by atoms with van der Waals surface area (Å²) in [5.74, 6) is 0.893. The molecule has 0 aromatic heterocycles. The van der Waals surface area contributed by atoms with Crippen molar-refractivity contribution in [2.75, 3.05) is 5.75 Å². The van der Waals surface area contributed by atoms with Gasteiger partial charge in [-0.2, -0.15) is 0 Å². The zero-order valence-electron chi connectivity index (χ0n) is 22.5. The lowest BCUT2D eigenvalue weighted by atomic mass is 10.0. The number of aryl methyl sites for hydroxylation is 3. The molecule has 3 aromatic carbocycles. The number of ether oxygens (including phenoxy) is 1. The Kier molecular flexibility index (Phi) is 8.93. The molecule has 1 unspecified atom stereocenters. The van der Waals surface area contributed by atoms with Crippen molar-refractivity contribution in [3.05, 3.63) is 88.5 Å². The van der Waals surface area contributed by atoms with Crippen LogP contribution in [0.25, 0.3) is 0 Å². The maximum atomic E-state index is 12.3. The molecular formula is C29H30F3N6OS+. The van der Waals surface area contributed by atoms with E-state index in [2.05, 4.69) is 69.7 Å². The average Bonchev–Trinajstić information content (AvgIpc) is 3.24. The molecule has 1 heterocycles. The number of thioether (sulfide) groups is 1. The average molecular weight is 568 g/mol. The highest BCUT2D eigenvalue weighted by molar-refractivity contribution is 8.13. The molecule has 0 saturated heterocycles. The largest absolute Gasteiger partial charge is 0.573 e. The van der Waals surface area contributed by atoms with Gasteiger partial charge >= 0.3 is 11.5 Å². The molecule has 1 aliphatic rings. The van der Waals surface area contributed by atoms with Crippen LogP contribution >= 0.6 is 11.8 Å². The Morgan fingerprint density at radius 1 is 1.05 bits per heavy atom. The number of amidine groups is 2. The van der Waals surface area contributed by atoms with E-state index in [1.165, 1.54) is 53.0 Å². The van der Waals surface area contributed by atoms with Crippen molar-refractivity contribution in [2.24, 2.45) is 20.8 Å². The number of benzene rings is 3. The van der Waals surface area contributed by atoms with Crippen LogP contribution in [-0.2, 0) is 0 Å². The topological polar surface area (TPSA) is 87.4 Å². The first-order valence-electron chi connectivity index (χ1n) is 12.5. The molecule has 3 aromatic rings. The molecule has 208 valence electrons. The van der Waals surface area contributed by atoms with Crippen molar-refractivity contribution < 1.29 is 22.5 Å². The molecule has 0 spiro atoms. The first-order chi connectivity index (χ1) is 19.0. The second kappa shape index (κ2) is 12.4. The summed E-state index contributed by atoms with van der Waals surface area (Å²) in [4.78, 5) is 8.20. The Morgan fingerprint density at radius 3 is 2.33 bits per heavy atom. The van der Waals surface area contributed by atoms with Gasteiger partial charge in [-0.15, -0.1) is 18.6 Å². The fourth-order valence-corrected chi connectivity index (χ4v) is 5.45.